The third-order valence-corrected chi connectivity index (χ3v) is 0. The molecule has 0 rings (SSSR count). The molecule has 4 heteroatoms. The third-order valence-electron chi connectivity index (χ3n) is 0. The third kappa shape index (κ3) is 2960. The summed E-state index contributed by atoms with van der Waals surface area (Å²) in [6.07, 6.45) is 6.17. The number of carbonyl (C=O) groups is 1. The monoisotopic (exact) mass is 112 g/mol. The van der Waals surface area contributed by atoms with E-state index in [0.717, 1.165) is 0 Å². The average Bonchev–Trinajstić information content (AvgIpc) is 1.41. The van der Waals surface area contributed by atoms with Gasteiger partial charge in [0.15, 0.2) is 0 Å². The maximum Gasteiger partial charge on any atom is 1.00 e. The zero-order chi connectivity index (χ0) is 5.58. The summed E-state index contributed by atoms with van der Waals surface area (Å²) < 4.78 is 0. The Morgan fingerprint density at radius 3 is 1.43 bits per heavy atom. The number of carboxylic acid groups (broad SMARTS) is 2. The van der Waals surface area contributed by atoms with E-state index in [9.17, 15) is 0 Å². The van der Waals surface area contributed by atoms with Gasteiger partial charge in [0.1, 0.15) is 0 Å². The van der Waals surface area contributed by atoms with E-state index in [1.807, 2.05) is 0 Å². The van der Waals surface area contributed by atoms with Crippen molar-refractivity contribution in [2.45, 2.75) is 0 Å². The number of hydrogen-bond donors (Lipinski definition) is 2. The van der Waals surface area contributed by atoms with Crippen LogP contribution in [0.25, 0.3) is 0 Å². The Kier molecular flexibility index (Phi) is 38.4. The molecule has 0 aromatic carbocycles. The maximum absolute atomic E-state index is 8.56. The van der Waals surface area contributed by atoms with Crippen LogP contribution in [0.15, 0.2) is 0 Å². The largest absolute Gasteiger partial charge is 1.00 e. The maximum atomic E-state index is 8.56. The Hall–Kier alpha value is -0.170. The molecule has 0 saturated carbocycles. The van der Waals surface area contributed by atoms with Gasteiger partial charge in [-0.25, -0.2) is 4.79 Å². The molecule has 36 valence electrons. The van der Waals surface area contributed by atoms with Gasteiger partial charge in [0.25, 0.3) is 0 Å². The van der Waals surface area contributed by atoms with Crippen LogP contribution in [0.5, 0.6) is 0 Å². The van der Waals surface area contributed by atoms with Gasteiger partial charge in [-0.1, -0.05) is 0 Å². The topological polar surface area (TPSA) is 57.5 Å². The van der Waals surface area contributed by atoms with Gasteiger partial charge in [0.2, 0.25) is 0 Å². The molecule has 0 spiro atoms. The Balaban J connectivity index is -0.0000000183. The second-order valence-electron chi connectivity index (χ2n) is 0.283. The molecule has 0 heterocycles. The summed E-state index contributed by atoms with van der Waals surface area (Å²) in [6, 6.07) is 0. The van der Waals surface area contributed by atoms with E-state index >= 15 is 0 Å². The molecule has 0 aliphatic carbocycles. The zero-order valence-corrected chi connectivity index (χ0v) is 5.96. The van der Waals surface area contributed by atoms with Crippen LogP contribution in [0, 0.1) is 12.8 Å². The van der Waals surface area contributed by atoms with Crippen molar-refractivity contribution in [3.8, 4) is 12.8 Å². The minimum Gasteiger partial charge on any atom is -1.00 e. The molecular formula is C3H5NaO3. The summed E-state index contributed by atoms with van der Waals surface area (Å²) >= 11 is 0. The van der Waals surface area contributed by atoms with Crippen LogP contribution < -0.4 is 29.6 Å². The summed E-state index contributed by atoms with van der Waals surface area (Å²) in [5.41, 5.74) is 0. The molecule has 0 saturated heterocycles. The fraction of sp³-hybridized carbons (Fsp3) is 0. The molecule has 0 atom stereocenters. The number of terminal acetylenes is 1. The summed E-state index contributed by atoms with van der Waals surface area (Å²) in [7, 11) is 0. The van der Waals surface area contributed by atoms with Gasteiger partial charge in [-0.05, 0) is 0 Å². The smallest absolute Gasteiger partial charge is 1.00 e. The van der Waals surface area contributed by atoms with Gasteiger partial charge in [0, 0.05) is 0 Å². The second kappa shape index (κ2) is 17.0. The van der Waals surface area contributed by atoms with Gasteiger partial charge in [-0.15, -0.1) is 12.8 Å². The molecular weight excluding hydrogens is 107 g/mol. The predicted octanol–water partition coefficient (Wildman–Crippen LogP) is -2.41. The van der Waals surface area contributed by atoms with E-state index in [0.29, 0.717) is 0 Å². The fourth-order valence-corrected chi connectivity index (χ4v) is 0. The average molecular weight is 112 g/mol. The molecule has 7 heavy (non-hydrogen) atoms. The molecule has 0 aromatic heterocycles. The van der Waals surface area contributed by atoms with E-state index in [2.05, 4.69) is 12.8 Å². The van der Waals surface area contributed by atoms with Crippen molar-refractivity contribution >= 4 is 6.16 Å². The Morgan fingerprint density at radius 1 is 1.43 bits per heavy atom. The summed E-state index contributed by atoms with van der Waals surface area (Å²) in [5, 5.41) is 13.9. The molecule has 0 aromatic rings. The first-order chi connectivity index (χ1) is 2.73. The zero-order valence-electron chi connectivity index (χ0n) is 4.96. The molecule has 0 radical (unpaired) electrons. The molecule has 0 aliphatic heterocycles. The van der Waals surface area contributed by atoms with Crippen molar-refractivity contribution in [2.75, 3.05) is 0 Å². The van der Waals surface area contributed by atoms with Crippen LogP contribution in [-0.4, -0.2) is 16.4 Å². The van der Waals surface area contributed by atoms with E-state index in [4.69, 9.17) is 15.0 Å². The summed E-state index contributed by atoms with van der Waals surface area (Å²) in [4.78, 5) is 8.56. The van der Waals surface area contributed by atoms with Crippen molar-refractivity contribution < 1.29 is 46.0 Å². The SMILES string of the molecule is C#C.O=C(O)O.[H-].[Na+]. The van der Waals surface area contributed by atoms with Crippen LogP contribution in [0.1, 0.15) is 1.43 Å². The van der Waals surface area contributed by atoms with Crippen LogP contribution in [0.4, 0.5) is 4.79 Å². The van der Waals surface area contributed by atoms with E-state index < -0.39 is 6.16 Å². The predicted molar refractivity (Wildman–Crippen MR) is 21.7 cm³/mol. The standard InChI is InChI=1S/C2H2.CH2O3.Na.H/c1-2;2-1(3)4;;/h1-2H;(H2,2,3,4);;/q;;+1;-1. The minimum atomic E-state index is -1.83. The van der Waals surface area contributed by atoms with Crippen molar-refractivity contribution in [1.29, 1.82) is 0 Å². The van der Waals surface area contributed by atoms with Gasteiger partial charge >= 0.3 is 35.7 Å². The Bertz CT molecular complexity index is 58.8. The summed E-state index contributed by atoms with van der Waals surface area (Å²) in [6.45, 7) is 0. The van der Waals surface area contributed by atoms with Gasteiger partial charge in [-0.2, -0.15) is 0 Å². The van der Waals surface area contributed by atoms with Crippen LogP contribution in [-0.2, 0) is 0 Å². The molecule has 0 fully saturated rings. The summed E-state index contributed by atoms with van der Waals surface area (Å²) in [5.74, 6) is 0. The first-order valence-corrected chi connectivity index (χ1v) is 0.985. The van der Waals surface area contributed by atoms with Gasteiger partial charge in [0.05, 0.1) is 0 Å². The Morgan fingerprint density at radius 2 is 1.43 bits per heavy atom. The van der Waals surface area contributed by atoms with Crippen LogP contribution >= 0.6 is 0 Å². The normalized spacial score (nSPS) is 3.71. The van der Waals surface area contributed by atoms with Crippen molar-refractivity contribution in [1.82, 2.24) is 0 Å². The molecule has 3 nitrogen and oxygen atoms in total. The van der Waals surface area contributed by atoms with Crippen LogP contribution in [0.3, 0.4) is 0 Å². The quantitative estimate of drug-likeness (QED) is 0.271. The molecule has 0 amide bonds. The van der Waals surface area contributed by atoms with E-state index in [1.165, 1.54) is 0 Å². The van der Waals surface area contributed by atoms with Gasteiger partial charge < -0.3 is 11.6 Å². The van der Waals surface area contributed by atoms with Crippen molar-refractivity contribution in [3.63, 3.8) is 0 Å². The van der Waals surface area contributed by atoms with E-state index in [1.54, 1.807) is 0 Å². The first-order valence-electron chi connectivity index (χ1n) is 0.985. The first kappa shape index (κ1) is 15.8. The molecule has 0 bridgehead atoms. The minimum absolute atomic E-state index is 0. The van der Waals surface area contributed by atoms with Crippen LogP contribution in [0.2, 0.25) is 0 Å². The second-order valence-corrected chi connectivity index (χ2v) is 0.283. The molecule has 2 N–H and O–H groups in total. The fourth-order valence-electron chi connectivity index (χ4n) is 0. The number of rotatable bonds is 0. The molecule has 0 unspecified atom stereocenters. The molecule has 0 aliphatic rings. The van der Waals surface area contributed by atoms with Crippen molar-refractivity contribution in [2.24, 2.45) is 0 Å². The van der Waals surface area contributed by atoms with E-state index in [-0.39, 0.29) is 31.0 Å². The van der Waals surface area contributed by atoms with Crippen molar-refractivity contribution in [3.05, 3.63) is 0 Å². The van der Waals surface area contributed by atoms with Gasteiger partial charge in [-0.3, -0.25) is 0 Å². The Labute approximate surface area is 65.1 Å². The number of hydrogen-bond acceptors (Lipinski definition) is 1.